The van der Waals surface area contributed by atoms with Gasteiger partial charge in [-0.2, -0.15) is 13.2 Å². The molecule has 1 aromatic heterocycles. The van der Waals surface area contributed by atoms with E-state index < -0.39 is 57.6 Å². The van der Waals surface area contributed by atoms with Gasteiger partial charge >= 0.3 is 12.3 Å². The van der Waals surface area contributed by atoms with E-state index in [0.29, 0.717) is 6.07 Å². The summed E-state index contributed by atoms with van der Waals surface area (Å²) in [4.78, 5) is 29.5. The molecular formula is C22H20F5N3O3. The third kappa shape index (κ3) is 5.29. The van der Waals surface area contributed by atoms with Crippen molar-refractivity contribution >= 4 is 17.0 Å². The van der Waals surface area contributed by atoms with E-state index in [0.717, 1.165) is 34.9 Å². The lowest BCUT2D eigenvalue weighted by molar-refractivity contribution is -0.136. The van der Waals surface area contributed by atoms with Gasteiger partial charge in [0.05, 0.1) is 28.2 Å². The first kappa shape index (κ1) is 24.1. The third-order valence-electron chi connectivity index (χ3n) is 4.46. The number of alkyl halides is 3. The number of ether oxygens (including phenoxy) is 1. The highest BCUT2D eigenvalue weighted by molar-refractivity contribution is 5.82. The summed E-state index contributed by atoms with van der Waals surface area (Å²) in [5.41, 5.74) is -4.01. The Morgan fingerprint density at radius 1 is 1.09 bits per heavy atom. The van der Waals surface area contributed by atoms with E-state index in [1.165, 1.54) is 6.92 Å². The molecule has 0 radical (unpaired) electrons. The molecule has 0 saturated carbocycles. The zero-order valence-corrected chi connectivity index (χ0v) is 18.1. The van der Waals surface area contributed by atoms with Gasteiger partial charge in [0, 0.05) is 6.07 Å². The first-order valence-electron chi connectivity index (χ1n) is 9.76. The lowest BCUT2D eigenvalue weighted by atomic mass is 10.1. The lowest BCUT2D eigenvalue weighted by Crippen LogP contribution is -2.37. The van der Waals surface area contributed by atoms with E-state index in [2.05, 4.69) is 10.3 Å². The molecule has 11 heteroatoms. The summed E-state index contributed by atoms with van der Waals surface area (Å²) >= 11 is 0. The van der Waals surface area contributed by atoms with Gasteiger partial charge in [-0.15, -0.1) is 0 Å². The Kier molecular flexibility index (Phi) is 6.18. The van der Waals surface area contributed by atoms with Crippen LogP contribution in [0, 0.1) is 11.6 Å². The lowest BCUT2D eigenvalue weighted by Gasteiger charge is -2.24. The molecule has 6 nitrogen and oxygen atoms in total. The number of para-hydroxylation sites is 1. The van der Waals surface area contributed by atoms with E-state index in [1.807, 2.05) is 0 Å². The van der Waals surface area contributed by atoms with Gasteiger partial charge in [-0.3, -0.25) is 9.36 Å². The number of hydrogen-bond acceptors (Lipinski definition) is 4. The Labute approximate surface area is 185 Å². The number of fused-ring (bicyclic) bond motifs is 1. The monoisotopic (exact) mass is 469 g/mol. The van der Waals surface area contributed by atoms with Crippen molar-refractivity contribution in [1.82, 2.24) is 14.9 Å². The fourth-order valence-electron chi connectivity index (χ4n) is 3.21. The van der Waals surface area contributed by atoms with Crippen molar-refractivity contribution in [3.05, 3.63) is 69.8 Å². The number of nitrogens with one attached hydrogen (secondary N) is 1. The molecule has 0 bridgehead atoms. The molecule has 0 saturated heterocycles. The van der Waals surface area contributed by atoms with Crippen LogP contribution in [0.1, 0.15) is 45.1 Å². The molecule has 176 valence electrons. The quantitative estimate of drug-likeness (QED) is 0.531. The fourth-order valence-corrected chi connectivity index (χ4v) is 3.21. The highest BCUT2D eigenvalue weighted by atomic mass is 19.4. The first-order chi connectivity index (χ1) is 15.2. The van der Waals surface area contributed by atoms with Crippen molar-refractivity contribution in [2.45, 2.75) is 45.5 Å². The van der Waals surface area contributed by atoms with Gasteiger partial charge < -0.3 is 10.1 Å². The van der Waals surface area contributed by atoms with E-state index in [1.54, 1.807) is 20.8 Å². The average Bonchev–Trinajstić information content (AvgIpc) is 2.64. The molecule has 0 spiro atoms. The molecule has 0 fully saturated rings. The van der Waals surface area contributed by atoms with Gasteiger partial charge in [-0.25, -0.2) is 18.6 Å². The smallest absolute Gasteiger partial charge is 0.418 e. The number of benzene rings is 2. The molecule has 0 aliphatic carbocycles. The molecule has 33 heavy (non-hydrogen) atoms. The summed E-state index contributed by atoms with van der Waals surface area (Å²) in [6.07, 6.45) is -5.75. The molecule has 1 N–H and O–H groups in total. The normalized spacial score (nSPS) is 13.1. The predicted octanol–water partition coefficient (Wildman–Crippen LogP) is 5.27. The van der Waals surface area contributed by atoms with Crippen LogP contribution < -0.4 is 10.9 Å². The predicted molar refractivity (Wildman–Crippen MR) is 110 cm³/mol. The van der Waals surface area contributed by atoms with Crippen LogP contribution in [-0.2, 0) is 10.9 Å². The van der Waals surface area contributed by atoms with E-state index in [4.69, 9.17) is 4.74 Å². The minimum Gasteiger partial charge on any atom is -0.444 e. The van der Waals surface area contributed by atoms with Crippen LogP contribution in [-0.4, -0.2) is 21.2 Å². The Morgan fingerprint density at radius 2 is 1.70 bits per heavy atom. The maximum atomic E-state index is 13.9. The van der Waals surface area contributed by atoms with Crippen molar-refractivity contribution in [1.29, 1.82) is 0 Å². The number of aromatic nitrogens is 2. The topological polar surface area (TPSA) is 73.2 Å². The minimum atomic E-state index is -4.82. The molecule has 0 aliphatic heterocycles. The van der Waals surface area contributed by atoms with Crippen LogP contribution >= 0.6 is 0 Å². The van der Waals surface area contributed by atoms with Crippen LogP contribution in [0.25, 0.3) is 16.6 Å². The number of hydrogen-bond donors (Lipinski definition) is 1. The Morgan fingerprint density at radius 3 is 2.24 bits per heavy atom. The molecule has 3 aromatic rings. The van der Waals surface area contributed by atoms with Crippen molar-refractivity contribution < 1.29 is 31.5 Å². The second-order valence-corrected chi connectivity index (χ2v) is 8.31. The maximum Gasteiger partial charge on any atom is 0.418 e. The van der Waals surface area contributed by atoms with Gasteiger partial charge in [-0.1, -0.05) is 6.07 Å². The van der Waals surface area contributed by atoms with Gasteiger partial charge in [0.25, 0.3) is 5.56 Å². The van der Waals surface area contributed by atoms with Gasteiger partial charge in [0.15, 0.2) is 0 Å². The SMILES string of the molecule is CC(NC(=O)OC(C)(C)C)c1nc2c(C(F)(F)F)cccc2c(=O)n1-c1cc(F)cc(F)c1. The number of alkyl carbamates (subject to hydrolysis) is 1. The fraction of sp³-hybridized carbons (Fsp3) is 0.318. The molecular weight excluding hydrogens is 449 g/mol. The summed E-state index contributed by atoms with van der Waals surface area (Å²) in [5, 5.41) is 1.98. The Balaban J connectivity index is 2.30. The number of carbonyl (C=O) groups is 1. The highest BCUT2D eigenvalue weighted by Gasteiger charge is 2.34. The molecule has 2 aromatic carbocycles. The average molecular weight is 469 g/mol. The number of halogens is 5. The number of carbonyl (C=O) groups excluding carboxylic acids is 1. The molecule has 3 rings (SSSR count). The number of rotatable bonds is 3. The van der Waals surface area contributed by atoms with Gasteiger partial charge in [0.2, 0.25) is 0 Å². The standard InChI is InChI=1S/C22H20F5N3O3/c1-11(28-20(32)33-21(2,3)4)18-29-17-15(6-5-7-16(17)22(25,26)27)19(31)30(18)14-9-12(23)8-13(24)10-14/h5-11H,1-4H3,(H,28,32). The second kappa shape index (κ2) is 8.45. The zero-order valence-electron chi connectivity index (χ0n) is 18.1. The minimum absolute atomic E-state index is 0.308. The highest BCUT2D eigenvalue weighted by Crippen LogP contribution is 2.34. The van der Waals surface area contributed by atoms with E-state index >= 15 is 0 Å². The second-order valence-electron chi connectivity index (χ2n) is 8.31. The van der Waals surface area contributed by atoms with Gasteiger partial charge in [-0.05, 0) is 52.0 Å². The molecule has 0 aliphatic rings. The summed E-state index contributed by atoms with van der Waals surface area (Å²) in [6.45, 7) is 6.16. The van der Waals surface area contributed by atoms with E-state index in [-0.39, 0.29) is 11.5 Å². The van der Waals surface area contributed by atoms with E-state index in [9.17, 15) is 31.5 Å². The van der Waals surface area contributed by atoms with Crippen LogP contribution in [0.4, 0.5) is 26.7 Å². The largest absolute Gasteiger partial charge is 0.444 e. The summed E-state index contributed by atoms with van der Waals surface area (Å²) in [5.74, 6) is -2.40. The Bertz CT molecular complexity index is 1260. The maximum absolute atomic E-state index is 13.9. The van der Waals surface area contributed by atoms with Crippen molar-refractivity contribution in [2.24, 2.45) is 0 Å². The van der Waals surface area contributed by atoms with Crippen molar-refractivity contribution in [2.75, 3.05) is 0 Å². The Hall–Kier alpha value is -3.50. The van der Waals surface area contributed by atoms with Crippen molar-refractivity contribution in [3.8, 4) is 5.69 Å². The summed E-state index contributed by atoms with van der Waals surface area (Å²) < 4.78 is 74.4. The van der Waals surface area contributed by atoms with Crippen LogP contribution in [0.2, 0.25) is 0 Å². The van der Waals surface area contributed by atoms with Crippen LogP contribution in [0.3, 0.4) is 0 Å². The first-order valence-corrected chi connectivity index (χ1v) is 9.76. The molecule has 1 unspecified atom stereocenters. The number of amides is 1. The summed E-state index contributed by atoms with van der Waals surface area (Å²) in [7, 11) is 0. The van der Waals surface area contributed by atoms with Crippen LogP contribution in [0.5, 0.6) is 0 Å². The van der Waals surface area contributed by atoms with Gasteiger partial charge in [0.1, 0.15) is 23.1 Å². The number of nitrogens with zero attached hydrogens (tertiary/aromatic N) is 2. The summed E-state index contributed by atoms with van der Waals surface area (Å²) in [6, 6.07) is 3.98. The molecule has 1 atom stereocenters. The third-order valence-corrected chi connectivity index (χ3v) is 4.46. The molecule has 1 amide bonds. The zero-order chi connectivity index (χ0) is 24.7. The van der Waals surface area contributed by atoms with Crippen LogP contribution in [0.15, 0.2) is 41.2 Å². The van der Waals surface area contributed by atoms with Crippen molar-refractivity contribution in [3.63, 3.8) is 0 Å². The molecule has 1 heterocycles.